The maximum absolute atomic E-state index is 2.37. The van der Waals surface area contributed by atoms with Gasteiger partial charge in [0.15, 0.2) is 0 Å². The molecule has 0 aliphatic heterocycles. The standard InChI is InChI=1S/C4H10B2IP/c1-4(2,3)5-6-8-7/h8H,1-3H3. The van der Waals surface area contributed by atoms with Gasteiger partial charge in [-0.2, -0.15) is 0 Å². The van der Waals surface area contributed by atoms with Crippen LogP contribution in [-0.2, 0) is 0 Å². The Kier molecular flexibility index (Phi) is 4.83. The number of hydrogen-bond acceptors (Lipinski definition) is 0. The van der Waals surface area contributed by atoms with Crippen LogP contribution in [0.15, 0.2) is 0 Å². The molecule has 4 heteroatoms. The van der Waals surface area contributed by atoms with E-state index in [1.54, 1.807) is 0 Å². The zero-order valence-electron chi connectivity index (χ0n) is 5.53. The molecule has 0 amide bonds. The second-order valence-electron chi connectivity index (χ2n) is 2.81. The molecule has 0 fully saturated rings. The highest BCUT2D eigenvalue weighted by atomic mass is 127. The first-order valence-corrected chi connectivity index (χ1v) is 6.79. The van der Waals surface area contributed by atoms with Crippen LogP contribution in [0.4, 0.5) is 0 Å². The van der Waals surface area contributed by atoms with E-state index < -0.39 is 0 Å². The molecular weight excluding hydrogens is 228 g/mol. The molecule has 0 saturated carbocycles. The lowest BCUT2D eigenvalue weighted by molar-refractivity contribution is 0.763. The van der Waals surface area contributed by atoms with E-state index >= 15 is 0 Å². The normalized spacial score (nSPS) is 12.5. The Labute approximate surface area is 68.3 Å². The minimum absolute atomic E-state index is 0.373. The van der Waals surface area contributed by atoms with Crippen molar-refractivity contribution in [3.05, 3.63) is 0 Å². The van der Waals surface area contributed by atoms with Gasteiger partial charge < -0.3 is 0 Å². The molecule has 0 aromatic rings. The summed E-state index contributed by atoms with van der Waals surface area (Å²) in [6.45, 7) is 8.85. The van der Waals surface area contributed by atoms with Gasteiger partial charge in [-0.1, -0.05) is 48.1 Å². The summed E-state index contributed by atoms with van der Waals surface area (Å²) in [4.78, 5) is 0. The molecule has 44 valence electrons. The highest BCUT2D eigenvalue weighted by Crippen LogP contribution is 2.25. The van der Waals surface area contributed by atoms with Crippen molar-refractivity contribution in [2.45, 2.75) is 26.1 Å². The van der Waals surface area contributed by atoms with Crippen molar-refractivity contribution < 1.29 is 0 Å². The second-order valence-corrected chi connectivity index (χ2v) is 5.23. The van der Waals surface area contributed by atoms with E-state index in [0.717, 1.165) is 6.10 Å². The Bertz CT molecular complexity index is 61.5. The molecule has 0 heterocycles. The third-order valence-corrected chi connectivity index (χ3v) is 2.02. The summed E-state index contributed by atoms with van der Waals surface area (Å²) in [6, 6.07) is 0. The SMILES string of the molecule is CC(C)(C)[B][B]PI. The van der Waals surface area contributed by atoms with Gasteiger partial charge in [0.2, 0.25) is 0 Å². The Morgan fingerprint density at radius 3 is 2.00 bits per heavy atom. The first-order valence-electron chi connectivity index (χ1n) is 2.60. The van der Waals surface area contributed by atoms with Crippen LogP contribution in [0.5, 0.6) is 0 Å². The number of halogens is 1. The summed E-state index contributed by atoms with van der Waals surface area (Å²) in [6.07, 6.45) is 0.921. The van der Waals surface area contributed by atoms with Crippen LogP contribution in [0.25, 0.3) is 0 Å². The van der Waals surface area contributed by atoms with Crippen molar-refractivity contribution in [2.24, 2.45) is 0 Å². The molecule has 0 aliphatic carbocycles. The Morgan fingerprint density at radius 1 is 1.38 bits per heavy atom. The fourth-order valence-electron chi connectivity index (χ4n) is 0.281. The van der Waals surface area contributed by atoms with E-state index in [2.05, 4.69) is 56.9 Å². The first-order chi connectivity index (χ1) is 3.56. The molecule has 0 bridgehead atoms. The maximum atomic E-state index is 2.37. The number of hydrogen-bond donors (Lipinski definition) is 0. The van der Waals surface area contributed by atoms with Gasteiger partial charge in [-0.3, -0.25) is 0 Å². The fourth-order valence-corrected chi connectivity index (χ4v) is 1.38. The fraction of sp³-hybridized carbons (Fsp3) is 1.00. The molecule has 0 saturated heterocycles. The average molecular weight is 238 g/mol. The van der Waals surface area contributed by atoms with Crippen molar-refractivity contribution in [3.8, 4) is 0 Å². The summed E-state index contributed by atoms with van der Waals surface area (Å²) in [5, 5.41) is 0.373. The van der Waals surface area contributed by atoms with Crippen LogP contribution in [0.3, 0.4) is 0 Å². The van der Waals surface area contributed by atoms with Crippen LogP contribution in [-0.4, -0.2) is 14.1 Å². The van der Waals surface area contributed by atoms with Crippen molar-refractivity contribution in [1.82, 2.24) is 0 Å². The number of rotatable bonds is 2. The third kappa shape index (κ3) is 7.29. The molecule has 0 spiro atoms. The van der Waals surface area contributed by atoms with E-state index in [1.807, 2.05) is 0 Å². The van der Waals surface area contributed by atoms with Gasteiger partial charge in [0, 0.05) is 0 Å². The second kappa shape index (κ2) is 4.16. The third-order valence-electron chi connectivity index (χ3n) is 0.646. The zero-order valence-corrected chi connectivity index (χ0v) is 8.69. The van der Waals surface area contributed by atoms with E-state index in [0.29, 0.717) is 5.31 Å². The molecule has 2 radical (unpaired) electrons. The maximum Gasteiger partial charge on any atom is 0.112 e. The first kappa shape index (κ1) is 9.29. The Hall–Kier alpha value is 1.29. The van der Waals surface area contributed by atoms with Gasteiger partial charge in [-0.05, 0) is 0 Å². The lowest BCUT2D eigenvalue weighted by Gasteiger charge is -2.14. The average Bonchev–Trinajstić information content (AvgIpc) is 1.59. The molecular formula is C4H10B2IP. The monoisotopic (exact) mass is 238 g/mol. The molecule has 0 rings (SSSR count). The predicted octanol–water partition coefficient (Wildman–Crippen LogP) is 2.47. The van der Waals surface area contributed by atoms with E-state index in [4.69, 9.17) is 0 Å². The molecule has 1 unspecified atom stereocenters. The van der Waals surface area contributed by atoms with Crippen LogP contribution in [0, 0.1) is 0 Å². The van der Waals surface area contributed by atoms with Gasteiger partial charge in [-0.15, -0.1) is 6.10 Å². The highest BCUT2D eigenvalue weighted by Gasteiger charge is 2.09. The van der Waals surface area contributed by atoms with Crippen molar-refractivity contribution in [1.29, 1.82) is 0 Å². The van der Waals surface area contributed by atoms with Gasteiger partial charge in [0.1, 0.15) is 6.89 Å². The minimum atomic E-state index is 0.373. The molecule has 0 aromatic heterocycles. The molecule has 0 nitrogen and oxygen atoms in total. The highest BCUT2D eigenvalue weighted by molar-refractivity contribution is 14.2. The summed E-state index contributed by atoms with van der Waals surface area (Å²) in [5.74, 6) is 0. The van der Waals surface area contributed by atoms with Crippen LogP contribution < -0.4 is 0 Å². The summed E-state index contributed by atoms with van der Waals surface area (Å²) in [5.41, 5.74) is 0. The van der Waals surface area contributed by atoms with Crippen LogP contribution in [0.1, 0.15) is 20.8 Å². The minimum Gasteiger partial charge on any atom is -0.108 e. The molecule has 0 N–H and O–H groups in total. The molecule has 0 aromatic carbocycles. The zero-order chi connectivity index (χ0) is 6.62. The topological polar surface area (TPSA) is 0 Å². The quantitative estimate of drug-likeness (QED) is 0.393. The molecule has 8 heavy (non-hydrogen) atoms. The summed E-state index contributed by atoms with van der Waals surface area (Å²) >= 11 is 2.37. The Morgan fingerprint density at radius 2 is 1.88 bits per heavy atom. The van der Waals surface area contributed by atoms with Gasteiger partial charge in [-0.25, -0.2) is 0 Å². The summed E-state index contributed by atoms with van der Waals surface area (Å²) < 4.78 is 0. The van der Waals surface area contributed by atoms with Crippen molar-refractivity contribution >= 4 is 42.2 Å². The Balaban J connectivity index is 3.11. The van der Waals surface area contributed by atoms with Gasteiger partial charge >= 0.3 is 0 Å². The van der Waals surface area contributed by atoms with Crippen LogP contribution in [0.2, 0.25) is 5.31 Å². The largest absolute Gasteiger partial charge is 0.112 e. The van der Waals surface area contributed by atoms with Crippen molar-refractivity contribution in [3.63, 3.8) is 0 Å². The summed E-state index contributed by atoms with van der Waals surface area (Å²) in [7, 11) is 2.25. The van der Waals surface area contributed by atoms with Crippen LogP contribution >= 0.6 is 28.1 Å². The smallest absolute Gasteiger partial charge is 0.108 e. The lowest BCUT2D eigenvalue weighted by atomic mass is 9.40. The lowest BCUT2D eigenvalue weighted by Crippen LogP contribution is -2.11. The molecule has 1 atom stereocenters. The van der Waals surface area contributed by atoms with E-state index in [9.17, 15) is 0 Å². The van der Waals surface area contributed by atoms with Crippen molar-refractivity contribution in [2.75, 3.05) is 0 Å². The van der Waals surface area contributed by atoms with E-state index in [1.165, 1.54) is 0 Å². The predicted molar refractivity (Wildman–Crippen MR) is 53.6 cm³/mol. The van der Waals surface area contributed by atoms with E-state index in [-0.39, 0.29) is 0 Å². The van der Waals surface area contributed by atoms with Gasteiger partial charge in [0.05, 0.1) is 7.17 Å². The molecule has 0 aliphatic rings. The van der Waals surface area contributed by atoms with Gasteiger partial charge in [0.25, 0.3) is 0 Å².